The van der Waals surface area contributed by atoms with Crippen LogP contribution in [-0.2, 0) is 14.8 Å². The van der Waals surface area contributed by atoms with Crippen LogP contribution < -0.4 is 0 Å². The molecular formula is C16H21ClN2O3S. The van der Waals surface area contributed by atoms with Gasteiger partial charge in [0.25, 0.3) is 0 Å². The fourth-order valence-electron chi connectivity index (χ4n) is 3.71. The summed E-state index contributed by atoms with van der Waals surface area (Å²) in [5.74, 6) is 0.747. The SMILES string of the molecule is O=S(=O)(c1ccc(Cl)cc1)N1CCN2[C@@H](COC[C@@H]2C2CC2)C1. The molecule has 1 aromatic rings. The van der Waals surface area contributed by atoms with Gasteiger partial charge in [0.15, 0.2) is 0 Å². The Morgan fingerprint density at radius 1 is 1.09 bits per heavy atom. The van der Waals surface area contributed by atoms with Crippen molar-refractivity contribution in [2.24, 2.45) is 5.92 Å². The van der Waals surface area contributed by atoms with E-state index in [4.69, 9.17) is 16.3 Å². The molecule has 0 aromatic heterocycles. The highest BCUT2D eigenvalue weighted by molar-refractivity contribution is 7.89. The summed E-state index contributed by atoms with van der Waals surface area (Å²) in [6, 6.07) is 7.05. The van der Waals surface area contributed by atoms with Gasteiger partial charge in [0.2, 0.25) is 10.0 Å². The summed E-state index contributed by atoms with van der Waals surface area (Å²) in [5, 5.41) is 0.543. The number of sulfonamides is 1. The Morgan fingerprint density at radius 2 is 1.83 bits per heavy atom. The van der Waals surface area contributed by atoms with Gasteiger partial charge in [-0.25, -0.2) is 8.42 Å². The minimum Gasteiger partial charge on any atom is -0.378 e. The molecule has 0 bridgehead atoms. The average Bonchev–Trinajstić information content (AvgIpc) is 3.39. The number of nitrogens with zero attached hydrogens (tertiary/aromatic N) is 2. The fraction of sp³-hybridized carbons (Fsp3) is 0.625. The number of hydrogen-bond acceptors (Lipinski definition) is 4. The normalized spacial score (nSPS) is 30.1. The molecule has 0 radical (unpaired) electrons. The summed E-state index contributed by atoms with van der Waals surface area (Å²) in [6.45, 7) is 3.27. The molecule has 23 heavy (non-hydrogen) atoms. The van der Waals surface area contributed by atoms with E-state index in [2.05, 4.69) is 4.90 Å². The van der Waals surface area contributed by atoms with E-state index in [1.165, 1.54) is 12.8 Å². The van der Waals surface area contributed by atoms with Crippen molar-refractivity contribution in [3.63, 3.8) is 0 Å². The van der Waals surface area contributed by atoms with Gasteiger partial charge in [0.1, 0.15) is 0 Å². The summed E-state index contributed by atoms with van der Waals surface area (Å²) < 4.78 is 33.0. The first-order chi connectivity index (χ1) is 11.1. The molecule has 0 spiro atoms. The molecule has 1 aromatic carbocycles. The third kappa shape index (κ3) is 3.03. The van der Waals surface area contributed by atoms with Crippen LogP contribution in [0.2, 0.25) is 5.02 Å². The molecule has 2 atom stereocenters. The predicted octanol–water partition coefficient (Wildman–Crippen LogP) is 1.82. The molecule has 1 aliphatic carbocycles. The second-order valence-electron chi connectivity index (χ2n) is 6.65. The van der Waals surface area contributed by atoms with Crippen LogP contribution in [0.15, 0.2) is 29.2 Å². The van der Waals surface area contributed by atoms with Crippen molar-refractivity contribution in [2.45, 2.75) is 29.8 Å². The minimum absolute atomic E-state index is 0.171. The fourth-order valence-corrected chi connectivity index (χ4v) is 5.30. The summed E-state index contributed by atoms with van der Waals surface area (Å²) in [6.07, 6.45) is 2.56. The van der Waals surface area contributed by atoms with Gasteiger partial charge in [-0.1, -0.05) is 11.6 Å². The maximum Gasteiger partial charge on any atom is 0.243 e. The molecule has 3 aliphatic rings. The number of fused-ring (bicyclic) bond motifs is 1. The lowest BCUT2D eigenvalue weighted by Crippen LogP contribution is -2.63. The van der Waals surface area contributed by atoms with Gasteiger partial charge in [0.05, 0.1) is 18.1 Å². The molecule has 0 N–H and O–H groups in total. The maximum absolute atomic E-state index is 12.8. The Bertz CT molecular complexity index is 675. The van der Waals surface area contributed by atoms with Crippen LogP contribution in [0.25, 0.3) is 0 Å². The van der Waals surface area contributed by atoms with Crippen LogP contribution in [0.3, 0.4) is 0 Å². The van der Waals surface area contributed by atoms with E-state index < -0.39 is 10.0 Å². The number of rotatable bonds is 3. The van der Waals surface area contributed by atoms with Crippen LogP contribution in [0.1, 0.15) is 12.8 Å². The molecule has 7 heteroatoms. The van der Waals surface area contributed by atoms with Crippen molar-refractivity contribution >= 4 is 21.6 Å². The Morgan fingerprint density at radius 3 is 2.52 bits per heavy atom. The zero-order valence-electron chi connectivity index (χ0n) is 12.9. The smallest absolute Gasteiger partial charge is 0.243 e. The molecule has 126 valence electrons. The van der Waals surface area contributed by atoms with E-state index in [9.17, 15) is 8.42 Å². The Balaban J connectivity index is 1.52. The van der Waals surface area contributed by atoms with Crippen LogP contribution in [0, 0.1) is 5.92 Å². The van der Waals surface area contributed by atoms with Gasteiger partial charge in [0, 0.05) is 36.7 Å². The standard InChI is InChI=1S/C16H21ClN2O3S/c17-13-3-5-15(6-4-13)23(20,21)18-7-8-19-14(9-18)10-22-11-16(19)12-1-2-12/h3-6,12,14,16H,1-2,7-11H2/t14-,16-/m1/s1. The number of benzene rings is 1. The summed E-state index contributed by atoms with van der Waals surface area (Å²) in [5.41, 5.74) is 0. The number of piperazine rings is 1. The predicted molar refractivity (Wildman–Crippen MR) is 88.0 cm³/mol. The van der Waals surface area contributed by atoms with Crippen molar-refractivity contribution in [2.75, 3.05) is 32.8 Å². The lowest BCUT2D eigenvalue weighted by molar-refractivity contribution is -0.0759. The molecule has 3 fully saturated rings. The van der Waals surface area contributed by atoms with E-state index in [1.54, 1.807) is 28.6 Å². The van der Waals surface area contributed by atoms with Crippen LogP contribution >= 0.6 is 11.6 Å². The highest BCUT2D eigenvalue weighted by Crippen LogP contribution is 2.38. The average molecular weight is 357 g/mol. The maximum atomic E-state index is 12.8. The molecule has 0 amide bonds. The third-order valence-electron chi connectivity index (χ3n) is 5.13. The van der Waals surface area contributed by atoms with E-state index in [1.807, 2.05) is 0 Å². The van der Waals surface area contributed by atoms with Crippen LogP contribution in [0.5, 0.6) is 0 Å². The van der Waals surface area contributed by atoms with Gasteiger partial charge in [-0.3, -0.25) is 4.90 Å². The second-order valence-corrected chi connectivity index (χ2v) is 9.03. The number of ether oxygens (including phenoxy) is 1. The van der Waals surface area contributed by atoms with E-state index >= 15 is 0 Å². The highest BCUT2D eigenvalue weighted by Gasteiger charge is 2.44. The Labute approximate surface area is 142 Å². The Hall–Kier alpha value is -0.660. The number of hydrogen-bond donors (Lipinski definition) is 0. The lowest BCUT2D eigenvalue weighted by Gasteiger charge is -2.47. The zero-order valence-corrected chi connectivity index (χ0v) is 14.5. The molecule has 2 saturated heterocycles. The molecule has 4 rings (SSSR count). The van der Waals surface area contributed by atoms with Crippen molar-refractivity contribution in [1.82, 2.24) is 9.21 Å². The highest BCUT2D eigenvalue weighted by atomic mass is 35.5. The van der Waals surface area contributed by atoms with Crippen LogP contribution in [-0.4, -0.2) is 62.6 Å². The largest absolute Gasteiger partial charge is 0.378 e. The number of halogens is 1. The second kappa shape index (κ2) is 6.01. The monoisotopic (exact) mass is 356 g/mol. The molecular weight excluding hydrogens is 336 g/mol. The quantitative estimate of drug-likeness (QED) is 0.829. The van der Waals surface area contributed by atoms with Crippen molar-refractivity contribution in [3.05, 3.63) is 29.3 Å². The van der Waals surface area contributed by atoms with Gasteiger partial charge < -0.3 is 4.74 Å². The lowest BCUT2D eigenvalue weighted by atomic mass is 10.0. The first kappa shape index (κ1) is 15.8. The van der Waals surface area contributed by atoms with Crippen molar-refractivity contribution in [3.8, 4) is 0 Å². The van der Waals surface area contributed by atoms with Crippen molar-refractivity contribution in [1.29, 1.82) is 0 Å². The minimum atomic E-state index is -3.46. The zero-order chi connectivity index (χ0) is 16.0. The van der Waals surface area contributed by atoms with E-state index in [0.29, 0.717) is 35.7 Å². The first-order valence-electron chi connectivity index (χ1n) is 8.15. The topological polar surface area (TPSA) is 49.9 Å². The molecule has 5 nitrogen and oxygen atoms in total. The van der Waals surface area contributed by atoms with Crippen molar-refractivity contribution < 1.29 is 13.2 Å². The van der Waals surface area contributed by atoms with Gasteiger partial charge in [-0.15, -0.1) is 0 Å². The van der Waals surface area contributed by atoms with E-state index in [0.717, 1.165) is 19.1 Å². The molecule has 2 heterocycles. The summed E-state index contributed by atoms with van der Waals surface area (Å²) in [4.78, 5) is 2.79. The molecule has 1 saturated carbocycles. The summed E-state index contributed by atoms with van der Waals surface area (Å²) in [7, 11) is -3.46. The molecule has 0 unspecified atom stereocenters. The molecule has 2 aliphatic heterocycles. The van der Waals surface area contributed by atoms with Crippen LogP contribution in [0.4, 0.5) is 0 Å². The van der Waals surface area contributed by atoms with Gasteiger partial charge >= 0.3 is 0 Å². The third-order valence-corrected chi connectivity index (χ3v) is 7.26. The summed E-state index contributed by atoms with van der Waals surface area (Å²) >= 11 is 5.86. The van der Waals surface area contributed by atoms with E-state index in [-0.39, 0.29) is 6.04 Å². The first-order valence-corrected chi connectivity index (χ1v) is 9.97. The Kier molecular flexibility index (Phi) is 4.14. The number of morpholine rings is 1. The van der Waals surface area contributed by atoms with Gasteiger partial charge in [-0.05, 0) is 43.0 Å². The van der Waals surface area contributed by atoms with Gasteiger partial charge in [-0.2, -0.15) is 4.31 Å².